The Morgan fingerprint density at radius 3 is 2.42 bits per heavy atom. The number of likely N-dealkylation sites (tertiary alicyclic amines) is 1. The zero-order valence-corrected chi connectivity index (χ0v) is 17.2. The summed E-state index contributed by atoms with van der Waals surface area (Å²) in [4.78, 5) is 2.45. The second-order valence-electron chi connectivity index (χ2n) is 8.51. The molecule has 0 amide bonds. The van der Waals surface area contributed by atoms with Crippen molar-refractivity contribution >= 4 is 8.32 Å². The molecule has 0 saturated carbocycles. The molecule has 0 aromatic heterocycles. The minimum atomic E-state index is -1.73. The van der Waals surface area contributed by atoms with Gasteiger partial charge >= 0.3 is 0 Å². The van der Waals surface area contributed by atoms with Gasteiger partial charge in [0.1, 0.15) is 0 Å². The van der Waals surface area contributed by atoms with E-state index in [0.29, 0.717) is 0 Å². The molecule has 0 N–H and O–H groups in total. The summed E-state index contributed by atoms with van der Waals surface area (Å²) in [6.45, 7) is 20.8. The first-order valence-electron chi connectivity index (χ1n) is 8.91. The van der Waals surface area contributed by atoms with Crippen LogP contribution in [0.3, 0.4) is 0 Å². The number of benzene rings is 1. The van der Waals surface area contributed by atoms with Gasteiger partial charge in [-0.2, -0.15) is 0 Å². The largest absolute Gasteiger partial charge is 0.411 e. The Hall–Kier alpha value is -1.16. The molecule has 0 spiro atoms. The van der Waals surface area contributed by atoms with Crippen molar-refractivity contribution in [2.45, 2.75) is 58.5 Å². The summed E-state index contributed by atoms with van der Waals surface area (Å²) >= 11 is 0. The highest BCUT2D eigenvalue weighted by Crippen LogP contribution is 2.37. The Bertz CT molecular complexity index is 598. The lowest BCUT2D eigenvalue weighted by Gasteiger charge is -2.38. The molecule has 1 aliphatic rings. The summed E-state index contributed by atoms with van der Waals surface area (Å²) < 4.78 is 6.47. The second-order valence-corrected chi connectivity index (χ2v) is 13.3. The lowest BCUT2D eigenvalue weighted by atomic mass is 10.1. The van der Waals surface area contributed by atoms with Crippen LogP contribution < -0.4 is 0 Å². The number of nitrogens with zero attached hydrogens (tertiary/aromatic N) is 1. The van der Waals surface area contributed by atoms with Gasteiger partial charge in [-0.3, -0.25) is 4.90 Å². The summed E-state index contributed by atoms with van der Waals surface area (Å²) in [6, 6.07) is 10.6. The fourth-order valence-corrected chi connectivity index (χ4v) is 4.21. The minimum Gasteiger partial charge on any atom is -0.411 e. The highest BCUT2D eigenvalue weighted by Gasteiger charge is 2.38. The molecule has 0 aliphatic carbocycles. The molecule has 1 fully saturated rings. The van der Waals surface area contributed by atoms with E-state index in [2.05, 4.69) is 88.7 Å². The molecule has 0 bridgehead atoms. The van der Waals surface area contributed by atoms with E-state index in [1.165, 1.54) is 16.7 Å². The molecular weight excluding hydrogens is 310 g/mol. The van der Waals surface area contributed by atoms with Crippen molar-refractivity contribution in [2.75, 3.05) is 13.1 Å². The van der Waals surface area contributed by atoms with E-state index in [0.717, 1.165) is 19.6 Å². The van der Waals surface area contributed by atoms with Crippen LogP contribution in [0, 0.1) is 0 Å². The minimum absolute atomic E-state index is 0.148. The maximum absolute atomic E-state index is 6.47. The van der Waals surface area contributed by atoms with Gasteiger partial charge in [0.05, 0.1) is 6.10 Å². The van der Waals surface area contributed by atoms with E-state index in [4.69, 9.17) is 4.43 Å². The van der Waals surface area contributed by atoms with Gasteiger partial charge in [0.15, 0.2) is 8.32 Å². The first kappa shape index (κ1) is 19.2. The number of hydrogen-bond donors (Lipinski definition) is 0. The first-order chi connectivity index (χ1) is 11.1. The smallest absolute Gasteiger partial charge is 0.192 e. The average molecular weight is 344 g/mol. The molecule has 1 heterocycles. The predicted octanol–water partition coefficient (Wildman–Crippen LogP) is 5.40. The molecule has 0 radical (unpaired) electrons. The molecule has 1 atom stereocenters. The standard InChI is InChI=1S/C21H33NOSi/c1-17-14-22(15-19-11-9-8-10-12-19)16-20(17)13-18(2)23-24(6,7)21(3,4)5/h8-13,18H,1,14-16H2,2-7H3/b20-13+. The van der Waals surface area contributed by atoms with Gasteiger partial charge in [0.2, 0.25) is 0 Å². The van der Waals surface area contributed by atoms with Crippen LogP contribution >= 0.6 is 0 Å². The van der Waals surface area contributed by atoms with Crippen molar-refractivity contribution in [1.82, 2.24) is 4.90 Å². The molecule has 1 aromatic carbocycles. The molecule has 132 valence electrons. The van der Waals surface area contributed by atoms with Gasteiger partial charge in [-0.1, -0.05) is 63.8 Å². The van der Waals surface area contributed by atoms with Crippen LogP contribution in [-0.4, -0.2) is 32.4 Å². The summed E-state index contributed by atoms with van der Waals surface area (Å²) in [6.07, 6.45) is 2.43. The van der Waals surface area contributed by atoms with E-state index in [1.54, 1.807) is 0 Å². The summed E-state index contributed by atoms with van der Waals surface area (Å²) in [5.41, 5.74) is 3.94. The van der Waals surface area contributed by atoms with E-state index in [-0.39, 0.29) is 11.1 Å². The third-order valence-electron chi connectivity index (χ3n) is 5.23. The lowest BCUT2D eigenvalue weighted by molar-refractivity contribution is 0.242. The SMILES string of the molecule is C=C1CN(Cc2ccccc2)C/C1=C\C(C)O[Si](C)(C)C(C)(C)C. The Balaban J connectivity index is 1.99. The topological polar surface area (TPSA) is 12.5 Å². The van der Waals surface area contributed by atoms with E-state index in [9.17, 15) is 0 Å². The average Bonchev–Trinajstić information content (AvgIpc) is 2.77. The Morgan fingerprint density at radius 2 is 1.83 bits per heavy atom. The van der Waals surface area contributed by atoms with Crippen molar-refractivity contribution in [1.29, 1.82) is 0 Å². The monoisotopic (exact) mass is 343 g/mol. The van der Waals surface area contributed by atoms with Gasteiger partial charge in [0.25, 0.3) is 0 Å². The summed E-state index contributed by atoms with van der Waals surface area (Å²) in [7, 11) is -1.73. The van der Waals surface area contributed by atoms with Crippen LogP contribution in [0.15, 0.2) is 54.1 Å². The Morgan fingerprint density at radius 1 is 1.21 bits per heavy atom. The van der Waals surface area contributed by atoms with Gasteiger partial charge in [0, 0.05) is 19.6 Å². The number of hydrogen-bond acceptors (Lipinski definition) is 2. The Kier molecular flexibility index (Phi) is 5.90. The van der Waals surface area contributed by atoms with Gasteiger partial charge in [-0.15, -0.1) is 0 Å². The van der Waals surface area contributed by atoms with Gasteiger partial charge in [-0.05, 0) is 41.8 Å². The van der Waals surface area contributed by atoms with Crippen molar-refractivity contribution in [3.05, 3.63) is 59.7 Å². The molecule has 2 rings (SSSR count). The number of rotatable bonds is 5. The zero-order chi connectivity index (χ0) is 18.0. The molecule has 2 nitrogen and oxygen atoms in total. The normalized spacial score (nSPS) is 19.9. The highest BCUT2D eigenvalue weighted by atomic mass is 28.4. The van der Waals surface area contributed by atoms with Crippen molar-refractivity contribution in [2.24, 2.45) is 0 Å². The van der Waals surface area contributed by atoms with Gasteiger partial charge in [-0.25, -0.2) is 0 Å². The van der Waals surface area contributed by atoms with Crippen LogP contribution in [0.5, 0.6) is 0 Å². The molecular formula is C21H33NOSi. The zero-order valence-electron chi connectivity index (χ0n) is 16.2. The van der Waals surface area contributed by atoms with Crippen LogP contribution in [0.1, 0.15) is 33.3 Å². The third kappa shape index (κ3) is 4.92. The molecule has 3 heteroatoms. The van der Waals surface area contributed by atoms with Crippen LogP contribution in [0.25, 0.3) is 0 Å². The molecule has 1 aromatic rings. The first-order valence-corrected chi connectivity index (χ1v) is 11.8. The van der Waals surface area contributed by atoms with Crippen LogP contribution in [0.2, 0.25) is 18.1 Å². The van der Waals surface area contributed by atoms with Crippen molar-refractivity contribution in [3.8, 4) is 0 Å². The highest BCUT2D eigenvalue weighted by molar-refractivity contribution is 6.74. The molecule has 1 aliphatic heterocycles. The maximum Gasteiger partial charge on any atom is 0.192 e. The van der Waals surface area contributed by atoms with Crippen molar-refractivity contribution < 1.29 is 4.43 Å². The van der Waals surface area contributed by atoms with E-state index >= 15 is 0 Å². The quantitative estimate of drug-likeness (QED) is 0.664. The molecule has 1 saturated heterocycles. The molecule has 1 unspecified atom stereocenters. The van der Waals surface area contributed by atoms with E-state index in [1.807, 2.05) is 0 Å². The van der Waals surface area contributed by atoms with Crippen LogP contribution in [-0.2, 0) is 11.0 Å². The second kappa shape index (κ2) is 7.38. The summed E-state index contributed by atoms with van der Waals surface area (Å²) in [5.74, 6) is 0. The van der Waals surface area contributed by atoms with Crippen LogP contribution in [0.4, 0.5) is 0 Å². The fraction of sp³-hybridized carbons (Fsp3) is 0.524. The third-order valence-corrected chi connectivity index (χ3v) is 9.81. The van der Waals surface area contributed by atoms with E-state index < -0.39 is 8.32 Å². The van der Waals surface area contributed by atoms with Crippen molar-refractivity contribution in [3.63, 3.8) is 0 Å². The fourth-order valence-electron chi connectivity index (χ4n) is 2.86. The molecule has 24 heavy (non-hydrogen) atoms. The maximum atomic E-state index is 6.47. The van der Waals surface area contributed by atoms with Gasteiger partial charge < -0.3 is 4.43 Å². The lowest BCUT2D eigenvalue weighted by Crippen LogP contribution is -2.43. The Labute approximate surface area is 149 Å². The predicted molar refractivity (Wildman–Crippen MR) is 107 cm³/mol. The summed E-state index contributed by atoms with van der Waals surface area (Å²) in [5, 5.41) is 0.242.